The molecule has 0 saturated heterocycles. The van der Waals surface area contributed by atoms with Gasteiger partial charge in [0.2, 0.25) is 11.8 Å². The van der Waals surface area contributed by atoms with E-state index >= 15 is 0 Å². The summed E-state index contributed by atoms with van der Waals surface area (Å²) in [5, 5.41) is 3.39. The molecule has 3 aromatic carbocycles. The lowest BCUT2D eigenvalue weighted by atomic mass is 9.95. The van der Waals surface area contributed by atoms with Crippen molar-refractivity contribution in [1.82, 2.24) is 10.2 Å². The van der Waals surface area contributed by atoms with Gasteiger partial charge < -0.3 is 15.0 Å². The molecule has 0 radical (unpaired) electrons. The smallest absolute Gasteiger partial charge is 0.264 e. The largest absolute Gasteiger partial charge is 0.494 e. The fourth-order valence-corrected chi connectivity index (χ4v) is 6.64. The molecule has 0 unspecified atom stereocenters. The van der Waals surface area contributed by atoms with Crippen LogP contribution >= 0.6 is 11.6 Å². The van der Waals surface area contributed by atoms with E-state index in [1.54, 1.807) is 37.3 Å². The van der Waals surface area contributed by atoms with Crippen molar-refractivity contribution in [3.63, 3.8) is 0 Å². The third-order valence-electron chi connectivity index (χ3n) is 7.53. The molecule has 0 heterocycles. The maximum Gasteiger partial charge on any atom is 0.264 e. The van der Waals surface area contributed by atoms with E-state index in [9.17, 15) is 22.4 Å². The van der Waals surface area contributed by atoms with Crippen molar-refractivity contribution >= 4 is 39.1 Å². The second kappa shape index (κ2) is 14.7. The van der Waals surface area contributed by atoms with Gasteiger partial charge in [-0.1, -0.05) is 49.1 Å². The molecule has 0 aromatic heterocycles. The van der Waals surface area contributed by atoms with Gasteiger partial charge in [0.25, 0.3) is 10.0 Å². The summed E-state index contributed by atoms with van der Waals surface area (Å²) in [7, 11) is -4.26. The third-order valence-corrected chi connectivity index (χ3v) is 9.57. The summed E-state index contributed by atoms with van der Waals surface area (Å²) < 4.78 is 49.1. The molecular formula is C32H37ClFN3O5S. The third kappa shape index (κ3) is 8.26. The zero-order valence-corrected chi connectivity index (χ0v) is 25.9. The van der Waals surface area contributed by atoms with Crippen molar-refractivity contribution in [2.24, 2.45) is 0 Å². The van der Waals surface area contributed by atoms with Gasteiger partial charge in [-0.3, -0.25) is 13.9 Å². The number of carbonyl (C=O) groups is 2. The average Bonchev–Trinajstić information content (AvgIpc) is 3.00. The minimum atomic E-state index is -4.26. The van der Waals surface area contributed by atoms with E-state index < -0.39 is 34.3 Å². The van der Waals surface area contributed by atoms with Crippen LogP contribution in [-0.4, -0.2) is 50.4 Å². The number of halogens is 2. The topological polar surface area (TPSA) is 96.0 Å². The van der Waals surface area contributed by atoms with E-state index in [1.807, 2.05) is 6.92 Å². The Bertz CT molecular complexity index is 1500. The van der Waals surface area contributed by atoms with Crippen molar-refractivity contribution in [3.8, 4) is 5.75 Å². The number of hydrogen-bond acceptors (Lipinski definition) is 5. The highest BCUT2D eigenvalue weighted by Gasteiger charge is 2.33. The Hall–Kier alpha value is -3.63. The van der Waals surface area contributed by atoms with E-state index in [2.05, 4.69) is 5.32 Å². The van der Waals surface area contributed by atoms with Crippen LogP contribution in [-0.2, 0) is 26.2 Å². The van der Waals surface area contributed by atoms with Gasteiger partial charge in [0.1, 0.15) is 24.2 Å². The van der Waals surface area contributed by atoms with Gasteiger partial charge in [-0.25, -0.2) is 12.8 Å². The Balaban J connectivity index is 1.68. The predicted molar refractivity (Wildman–Crippen MR) is 165 cm³/mol. The molecule has 4 rings (SSSR count). The monoisotopic (exact) mass is 629 g/mol. The van der Waals surface area contributed by atoms with Crippen molar-refractivity contribution in [1.29, 1.82) is 0 Å². The van der Waals surface area contributed by atoms with E-state index in [4.69, 9.17) is 16.3 Å². The lowest BCUT2D eigenvalue weighted by molar-refractivity contribution is -0.139. The molecule has 1 aliphatic rings. The standard InChI is InChI=1S/C32H37ClFN3O5S/c1-3-42-28-17-15-27(16-18-28)37(43(40,41)29-19-13-25(33)14-20-29)22-31(38)36(21-24-9-7-8-12-30(24)34)23(2)32(39)35-26-10-5-4-6-11-26/h7-9,12-20,23,26H,3-6,10-11,21-22H2,1-2H3,(H,35,39)/t23-/m1/s1. The molecule has 1 saturated carbocycles. The number of nitrogens with one attached hydrogen (secondary N) is 1. The number of nitrogens with zero attached hydrogens (tertiary/aromatic N) is 2. The normalized spacial score (nSPS) is 14.5. The molecule has 0 spiro atoms. The second-order valence-electron chi connectivity index (χ2n) is 10.5. The van der Waals surface area contributed by atoms with Crippen LogP contribution in [0.25, 0.3) is 0 Å². The Kier molecular flexibility index (Phi) is 11.0. The highest BCUT2D eigenvalue weighted by atomic mass is 35.5. The molecule has 1 fully saturated rings. The van der Waals surface area contributed by atoms with Gasteiger partial charge in [0, 0.05) is 23.2 Å². The first-order valence-electron chi connectivity index (χ1n) is 14.4. The van der Waals surface area contributed by atoms with E-state index in [-0.39, 0.29) is 34.6 Å². The molecule has 8 nitrogen and oxygen atoms in total. The summed E-state index contributed by atoms with van der Waals surface area (Å²) in [6, 6.07) is 17.0. The second-order valence-corrected chi connectivity index (χ2v) is 12.8. The summed E-state index contributed by atoms with van der Waals surface area (Å²) in [4.78, 5) is 28.6. The first-order valence-corrected chi connectivity index (χ1v) is 16.3. The summed E-state index contributed by atoms with van der Waals surface area (Å²) in [6.07, 6.45) is 4.84. The van der Waals surface area contributed by atoms with Crippen LogP contribution in [0.15, 0.2) is 77.7 Å². The molecule has 2 amide bonds. The van der Waals surface area contributed by atoms with Gasteiger partial charge in [-0.15, -0.1) is 0 Å². The Morgan fingerprint density at radius 3 is 2.28 bits per heavy atom. The molecular weight excluding hydrogens is 593 g/mol. The lowest BCUT2D eigenvalue weighted by Gasteiger charge is -2.33. The van der Waals surface area contributed by atoms with Crippen molar-refractivity contribution < 1.29 is 27.1 Å². The van der Waals surface area contributed by atoms with Crippen LogP contribution in [0.4, 0.5) is 10.1 Å². The minimum absolute atomic E-state index is 0.000233. The molecule has 1 aliphatic carbocycles. The number of anilines is 1. The average molecular weight is 630 g/mol. The van der Waals surface area contributed by atoms with Crippen molar-refractivity contribution in [2.75, 3.05) is 17.5 Å². The highest BCUT2D eigenvalue weighted by molar-refractivity contribution is 7.92. The highest BCUT2D eigenvalue weighted by Crippen LogP contribution is 2.28. The summed E-state index contributed by atoms with van der Waals surface area (Å²) >= 11 is 6.00. The molecule has 43 heavy (non-hydrogen) atoms. The van der Waals surface area contributed by atoms with Gasteiger partial charge >= 0.3 is 0 Å². The predicted octanol–water partition coefficient (Wildman–Crippen LogP) is 5.94. The van der Waals surface area contributed by atoms with E-state index in [0.29, 0.717) is 17.4 Å². The SMILES string of the molecule is CCOc1ccc(N(CC(=O)N(Cc2ccccc2F)[C@H](C)C(=O)NC2CCCCC2)S(=O)(=O)c2ccc(Cl)cc2)cc1. The summed E-state index contributed by atoms with van der Waals surface area (Å²) in [5.74, 6) is -1.03. The fourth-order valence-electron chi connectivity index (χ4n) is 5.10. The molecule has 11 heteroatoms. The summed E-state index contributed by atoms with van der Waals surface area (Å²) in [5.41, 5.74) is 0.429. The molecule has 3 aromatic rings. The van der Waals surface area contributed by atoms with Crippen LogP contribution in [0, 0.1) is 5.82 Å². The van der Waals surface area contributed by atoms with Gasteiger partial charge in [-0.2, -0.15) is 0 Å². The van der Waals surface area contributed by atoms with Gasteiger partial charge in [-0.05, 0) is 81.3 Å². The van der Waals surface area contributed by atoms with Crippen molar-refractivity contribution in [2.45, 2.75) is 69.5 Å². The number of benzene rings is 3. The quantitative estimate of drug-likeness (QED) is 0.268. The lowest BCUT2D eigenvalue weighted by Crippen LogP contribution is -2.53. The van der Waals surface area contributed by atoms with E-state index in [1.165, 1.54) is 47.4 Å². The Morgan fingerprint density at radius 2 is 1.65 bits per heavy atom. The Morgan fingerprint density at radius 1 is 1.00 bits per heavy atom. The molecule has 1 N–H and O–H groups in total. The minimum Gasteiger partial charge on any atom is -0.494 e. The first kappa shape index (κ1) is 32.3. The Labute approximate surface area is 257 Å². The van der Waals surface area contributed by atoms with Crippen molar-refractivity contribution in [3.05, 3.63) is 89.2 Å². The molecule has 0 aliphatic heterocycles. The number of rotatable bonds is 12. The number of carbonyl (C=O) groups excluding carboxylic acids is 2. The molecule has 1 atom stereocenters. The van der Waals surface area contributed by atoms with Crippen LogP contribution in [0.3, 0.4) is 0 Å². The fraction of sp³-hybridized carbons (Fsp3) is 0.375. The summed E-state index contributed by atoms with van der Waals surface area (Å²) in [6.45, 7) is 2.99. The number of hydrogen-bond donors (Lipinski definition) is 1. The first-order chi connectivity index (χ1) is 20.6. The van der Waals surface area contributed by atoms with Crippen LogP contribution in [0.5, 0.6) is 5.75 Å². The number of ether oxygens (including phenoxy) is 1. The van der Waals surface area contributed by atoms with Gasteiger partial charge in [0.15, 0.2) is 0 Å². The molecule has 230 valence electrons. The van der Waals surface area contributed by atoms with E-state index in [0.717, 1.165) is 36.4 Å². The zero-order valence-electron chi connectivity index (χ0n) is 24.3. The molecule has 0 bridgehead atoms. The van der Waals surface area contributed by atoms with Crippen LogP contribution in [0.1, 0.15) is 51.5 Å². The maximum absolute atomic E-state index is 14.8. The van der Waals surface area contributed by atoms with Gasteiger partial charge in [0.05, 0.1) is 17.2 Å². The zero-order chi connectivity index (χ0) is 31.0. The maximum atomic E-state index is 14.8. The number of sulfonamides is 1. The van der Waals surface area contributed by atoms with Crippen LogP contribution in [0.2, 0.25) is 5.02 Å². The number of amides is 2. The van der Waals surface area contributed by atoms with Crippen LogP contribution < -0.4 is 14.4 Å².